The first-order valence-electron chi connectivity index (χ1n) is 10.1. The third-order valence-electron chi connectivity index (χ3n) is 4.59. The predicted octanol–water partition coefficient (Wildman–Crippen LogP) is 4.78. The van der Waals surface area contributed by atoms with Gasteiger partial charge in [0.25, 0.3) is 0 Å². The van der Waals surface area contributed by atoms with E-state index >= 15 is 0 Å². The van der Waals surface area contributed by atoms with Crippen molar-refractivity contribution in [3.05, 3.63) is 0 Å². The molecule has 0 heterocycles. The van der Waals surface area contributed by atoms with E-state index in [0.717, 1.165) is 12.8 Å². The first-order valence-corrected chi connectivity index (χ1v) is 10.1. The maximum Gasteiger partial charge on any atom is 0.222 e. The molecule has 0 aliphatic rings. The second kappa shape index (κ2) is 9.75. The summed E-state index contributed by atoms with van der Waals surface area (Å²) in [5, 5.41) is 6.16. The molecule has 0 aromatic rings. The highest BCUT2D eigenvalue weighted by atomic mass is 16.2. The fourth-order valence-electron chi connectivity index (χ4n) is 3.96. The lowest BCUT2D eigenvalue weighted by Crippen LogP contribution is -2.42. The van der Waals surface area contributed by atoms with Crippen LogP contribution in [0.4, 0.5) is 0 Å². The molecule has 0 saturated carbocycles. The number of hydrogen-bond acceptors (Lipinski definition) is 2. The van der Waals surface area contributed by atoms with Crippen molar-refractivity contribution in [2.45, 2.75) is 88.5 Å². The lowest BCUT2D eigenvalue weighted by atomic mass is 9.74. The van der Waals surface area contributed by atoms with E-state index in [-0.39, 0.29) is 34.0 Å². The molecule has 0 fully saturated rings. The molecule has 4 heteroatoms. The summed E-state index contributed by atoms with van der Waals surface area (Å²) in [6.45, 7) is 22.5. The van der Waals surface area contributed by atoms with Gasteiger partial charge in [-0.1, -0.05) is 69.2 Å². The smallest absolute Gasteiger partial charge is 0.222 e. The monoisotopic (exact) mass is 368 g/mol. The molecule has 154 valence electrons. The van der Waals surface area contributed by atoms with E-state index in [1.165, 1.54) is 0 Å². The molecule has 0 aromatic carbocycles. The molecule has 0 aromatic heterocycles. The molecule has 0 rings (SSSR count). The summed E-state index contributed by atoms with van der Waals surface area (Å²) in [5.74, 6) is 0.828. The second-order valence-corrected chi connectivity index (χ2v) is 11.1. The maximum atomic E-state index is 12.4. The summed E-state index contributed by atoms with van der Waals surface area (Å²) in [6, 6.07) is 0. The van der Waals surface area contributed by atoms with Gasteiger partial charge >= 0.3 is 0 Å². The molecule has 0 aliphatic heterocycles. The van der Waals surface area contributed by atoms with Crippen molar-refractivity contribution in [2.24, 2.45) is 28.1 Å². The van der Waals surface area contributed by atoms with E-state index in [9.17, 15) is 9.59 Å². The van der Waals surface area contributed by atoms with Gasteiger partial charge in [-0.05, 0) is 35.0 Å². The molecule has 0 aliphatic carbocycles. The van der Waals surface area contributed by atoms with Crippen molar-refractivity contribution < 1.29 is 9.59 Å². The number of rotatable bonds is 11. The fraction of sp³-hybridized carbons (Fsp3) is 0.909. The normalized spacial score (nSPS) is 13.2. The Morgan fingerprint density at radius 2 is 1.23 bits per heavy atom. The fourth-order valence-corrected chi connectivity index (χ4v) is 3.96. The minimum Gasteiger partial charge on any atom is -0.356 e. The predicted molar refractivity (Wildman–Crippen MR) is 111 cm³/mol. The van der Waals surface area contributed by atoms with Crippen molar-refractivity contribution in [1.29, 1.82) is 0 Å². The number of carbonyl (C=O) groups is 2. The van der Waals surface area contributed by atoms with Crippen LogP contribution in [0.15, 0.2) is 0 Å². The highest BCUT2D eigenvalue weighted by Crippen LogP contribution is 2.33. The maximum absolute atomic E-state index is 12.4. The van der Waals surface area contributed by atoms with Gasteiger partial charge in [0.2, 0.25) is 11.8 Å². The zero-order chi connectivity index (χ0) is 20.8. The van der Waals surface area contributed by atoms with Crippen molar-refractivity contribution in [1.82, 2.24) is 10.6 Å². The average molecular weight is 369 g/mol. The Morgan fingerprint density at radius 1 is 0.769 bits per heavy atom. The largest absolute Gasteiger partial charge is 0.356 e. The molecular formula is C22H44N2O2. The van der Waals surface area contributed by atoms with Crippen LogP contribution in [-0.4, -0.2) is 24.9 Å². The molecule has 26 heavy (non-hydrogen) atoms. The van der Waals surface area contributed by atoms with Crippen LogP contribution in [0.25, 0.3) is 0 Å². The number of amides is 2. The molecule has 0 spiro atoms. The topological polar surface area (TPSA) is 58.2 Å². The highest BCUT2D eigenvalue weighted by Gasteiger charge is 2.30. The summed E-state index contributed by atoms with van der Waals surface area (Å²) in [5.41, 5.74) is -0.0115. The van der Waals surface area contributed by atoms with Gasteiger partial charge in [-0.25, -0.2) is 0 Å². The van der Waals surface area contributed by atoms with Crippen LogP contribution in [-0.2, 0) is 9.59 Å². The van der Waals surface area contributed by atoms with E-state index in [4.69, 9.17) is 0 Å². The summed E-state index contributed by atoms with van der Waals surface area (Å²) >= 11 is 0. The Balaban J connectivity index is 4.51. The SMILES string of the molecule is CC(C)CC(C)(C)CC(=O)NCC(C)(C)CC(C)(C)CNC(=O)C(C)C. The van der Waals surface area contributed by atoms with Crippen LogP contribution in [0.3, 0.4) is 0 Å². The second-order valence-electron chi connectivity index (χ2n) is 11.1. The zero-order valence-electron chi connectivity index (χ0n) is 19.0. The van der Waals surface area contributed by atoms with Crippen LogP contribution in [0.5, 0.6) is 0 Å². The molecule has 0 atom stereocenters. The number of nitrogens with one attached hydrogen (secondary N) is 2. The van der Waals surface area contributed by atoms with Gasteiger partial charge in [0.1, 0.15) is 0 Å². The van der Waals surface area contributed by atoms with E-state index in [1.54, 1.807) is 0 Å². The standard InChI is InChI=1S/C22H44N2O2/c1-16(2)11-20(5,6)12-18(25)23-14-21(7,8)13-22(9,10)15-24-19(26)17(3)4/h16-17H,11-15H2,1-10H3,(H,23,25)(H,24,26). The molecule has 0 saturated heterocycles. The Labute approximate surface area is 162 Å². The van der Waals surface area contributed by atoms with E-state index in [2.05, 4.69) is 66.0 Å². The molecule has 0 unspecified atom stereocenters. The lowest BCUT2D eigenvalue weighted by Gasteiger charge is -2.36. The Morgan fingerprint density at radius 3 is 1.65 bits per heavy atom. The van der Waals surface area contributed by atoms with Gasteiger partial charge in [-0.15, -0.1) is 0 Å². The van der Waals surface area contributed by atoms with Gasteiger partial charge < -0.3 is 10.6 Å². The van der Waals surface area contributed by atoms with Gasteiger partial charge in [-0.2, -0.15) is 0 Å². The van der Waals surface area contributed by atoms with Crippen LogP contribution in [0, 0.1) is 28.1 Å². The Hall–Kier alpha value is -1.06. The average Bonchev–Trinajstić information content (AvgIpc) is 2.39. The van der Waals surface area contributed by atoms with Gasteiger partial charge in [0.15, 0.2) is 0 Å². The van der Waals surface area contributed by atoms with Crippen molar-refractivity contribution in [3.63, 3.8) is 0 Å². The van der Waals surface area contributed by atoms with E-state index in [0.29, 0.717) is 25.4 Å². The minimum atomic E-state index is -0.0239. The van der Waals surface area contributed by atoms with Crippen LogP contribution in [0.2, 0.25) is 0 Å². The summed E-state index contributed by atoms with van der Waals surface area (Å²) < 4.78 is 0. The number of carbonyl (C=O) groups excluding carboxylic acids is 2. The molecule has 0 bridgehead atoms. The van der Waals surface area contributed by atoms with Crippen LogP contribution >= 0.6 is 0 Å². The van der Waals surface area contributed by atoms with Crippen LogP contribution < -0.4 is 10.6 Å². The third kappa shape index (κ3) is 11.5. The van der Waals surface area contributed by atoms with Gasteiger partial charge in [0.05, 0.1) is 0 Å². The summed E-state index contributed by atoms with van der Waals surface area (Å²) in [6.07, 6.45) is 2.54. The summed E-state index contributed by atoms with van der Waals surface area (Å²) in [4.78, 5) is 24.2. The van der Waals surface area contributed by atoms with E-state index < -0.39 is 0 Å². The third-order valence-corrected chi connectivity index (χ3v) is 4.59. The molecule has 2 amide bonds. The number of hydrogen-bond donors (Lipinski definition) is 2. The minimum absolute atomic E-state index is 0.00675. The van der Waals surface area contributed by atoms with E-state index in [1.807, 2.05) is 13.8 Å². The Bertz CT molecular complexity index is 463. The lowest BCUT2D eigenvalue weighted by molar-refractivity contribution is -0.124. The van der Waals surface area contributed by atoms with Crippen LogP contribution in [0.1, 0.15) is 88.5 Å². The van der Waals surface area contributed by atoms with Crippen molar-refractivity contribution >= 4 is 11.8 Å². The quantitative estimate of drug-likeness (QED) is 0.551. The zero-order valence-corrected chi connectivity index (χ0v) is 19.0. The highest BCUT2D eigenvalue weighted by molar-refractivity contribution is 5.77. The molecule has 2 N–H and O–H groups in total. The van der Waals surface area contributed by atoms with Gasteiger partial charge in [-0.3, -0.25) is 9.59 Å². The molecule has 4 nitrogen and oxygen atoms in total. The molecular weight excluding hydrogens is 324 g/mol. The van der Waals surface area contributed by atoms with Gasteiger partial charge in [0, 0.05) is 25.4 Å². The van der Waals surface area contributed by atoms with Crippen molar-refractivity contribution in [3.8, 4) is 0 Å². The molecule has 0 radical (unpaired) electrons. The summed E-state index contributed by atoms with van der Waals surface area (Å²) in [7, 11) is 0. The first-order chi connectivity index (χ1) is 11.6. The first kappa shape index (κ1) is 24.9. The Kier molecular flexibility index (Phi) is 9.36. The van der Waals surface area contributed by atoms with Crippen molar-refractivity contribution in [2.75, 3.05) is 13.1 Å².